The van der Waals surface area contributed by atoms with Crippen LogP contribution in [-0.2, 0) is 24.5 Å². The molecule has 0 amide bonds. The molecule has 0 spiro atoms. The molecule has 0 aromatic heterocycles. The summed E-state index contributed by atoms with van der Waals surface area (Å²) in [6, 6.07) is 43.2. The van der Waals surface area contributed by atoms with Gasteiger partial charge in [0.25, 0.3) is 0 Å². The Morgan fingerprint density at radius 2 is 0.936 bits per heavy atom. The lowest BCUT2D eigenvalue weighted by molar-refractivity contribution is -0.143. The van der Waals surface area contributed by atoms with Gasteiger partial charge < -0.3 is 9.47 Å². The maximum Gasteiger partial charge on any atom is 0.305 e. The average molecular weight is 619 g/mol. The van der Waals surface area contributed by atoms with Gasteiger partial charge in [0, 0.05) is 18.3 Å². The molecule has 0 heterocycles. The van der Waals surface area contributed by atoms with Crippen molar-refractivity contribution >= 4 is 33.5 Å². The van der Waals surface area contributed by atoms with Crippen LogP contribution in [0.3, 0.4) is 0 Å². The molecule has 6 aromatic rings. The van der Waals surface area contributed by atoms with Crippen LogP contribution in [0, 0.1) is 0 Å². The third-order valence-corrected chi connectivity index (χ3v) is 9.68. The van der Waals surface area contributed by atoms with Crippen molar-refractivity contribution < 1.29 is 19.1 Å². The van der Waals surface area contributed by atoms with Crippen LogP contribution in [0.1, 0.15) is 50.7 Å². The van der Waals surface area contributed by atoms with Gasteiger partial charge in [0.2, 0.25) is 0 Å². The lowest BCUT2D eigenvalue weighted by Crippen LogP contribution is -2.28. The Bertz CT molecular complexity index is 1960. The van der Waals surface area contributed by atoms with Crippen LogP contribution < -0.4 is 0 Å². The summed E-state index contributed by atoms with van der Waals surface area (Å²) in [6.07, 6.45) is 1.52. The van der Waals surface area contributed by atoms with E-state index in [0.717, 1.165) is 44.5 Å². The monoisotopic (exact) mass is 618 g/mol. The van der Waals surface area contributed by atoms with E-state index in [2.05, 4.69) is 121 Å². The normalized spacial score (nSPS) is 12.9. The molecule has 0 N–H and O–H groups in total. The molecule has 47 heavy (non-hydrogen) atoms. The van der Waals surface area contributed by atoms with Gasteiger partial charge in [0.1, 0.15) is 0 Å². The zero-order valence-corrected chi connectivity index (χ0v) is 26.9. The van der Waals surface area contributed by atoms with E-state index in [1.165, 1.54) is 21.5 Å². The molecule has 1 aliphatic carbocycles. The summed E-state index contributed by atoms with van der Waals surface area (Å²) in [4.78, 5) is 25.9. The summed E-state index contributed by atoms with van der Waals surface area (Å²) in [7, 11) is 0. The first-order valence-electron chi connectivity index (χ1n) is 16.6. The van der Waals surface area contributed by atoms with Gasteiger partial charge in [0.05, 0.1) is 13.2 Å². The second kappa shape index (κ2) is 12.9. The molecule has 0 fully saturated rings. The van der Waals surface area contributed by atoms with Crippen molar-refractivity contribution in [2.45, 2.75) is 44.9 Å². The van der Waals surface area contributed by atoms with Crippen molar-refractivity contribution in [2.24, 2.45) is 0 Å². The Hall–Kier alpha value is -5.22. The van der Waals surface area contributed by atoms with Gasteiger partial charge in [-0.05, 0) is 105 Å². The summed E-state index contributed by atoms with van der Waals surface area (Å²) >= 11 is 0. The molecule has 4 nitrogen and oxygen atoms in total. The van der Waals surface area contributed by atoms with Gasteiger partial charge in [0.15, 0.2) is 0 Å². The minimum absolute atomic E-state index is 0.228. The number of carbonyl (C=O) groups excluding carboxylic acids is 2. The van der Waals surface area contributed by atoms with Crippen molar-refractivity contribution in [3.63, 3.8) is 0 Å². The van der Waals surface area contributed by atoms with Crippen LogP contribution in [0.15, 0.2) is 121 Å². The van der Waals surface area contributed by atoms with E-state index in [0.29, 0.717) is 26.1 Å². The molecule has 6 aromatic carbocycles. The third-order valence-electron chi connectivity index (χ3n) is 9.68. The Balaban J connectivity index is 1.44. The molecule has 234 valence electrons. The van der Waals surface area contributed by atoms with Crippen LogP contribution in [0.4, 0.5) is 0 Å². The Labute approximate surface area is 276 Å². The fourth-order valence-corrected chi connectivity index (χ4v) is 7.55. The van der Waals surface area contributed by atoms with Crippen molar-refractivity contribution in [1.29, 1.82) is 0 Å². The van der Waals surface area contributed by atoms with Crippen molar-refractivity contribution in [1.82, 2.24) is 0 Å². The lowest BCUT2D eigenvalue weighted by atomic mass is 9.70. The zero-order chi connectivity index (χ0) is 32.4. The van der Waals surface area contributed by atoms with Gasteiger partial charge >= 0.3 is 11.9 Å². The average Bonchev–Trinajstić information content (AvgIpc) is 3.38. The van der Waals surface area contributed by atoms with Gasteiger partial charge in [-0.1, -0.05) is 109 Å². The molecule has 0 saturated heterocycles. The molecule has 4 heteroatoms. The molecule has 0 atom stereocenters. The highest BCUT2D eigenvalue weighted by molar-refractivity contribution is 5.99. The van der Waals surface area contributed by atoms with Crippen LogP contribution in [0.5, 0.6) is 0 Å². The number of esters is 2. The first-order chi connectivity index (χ1) is 23.0. The molecule has 0 radical (unpaired) electrons. The van der Waals surface area contributed by atoms with Crippen molar-refractivity contribution in [2.75, 3.05) is 13.2 Å². The molecule has 1 aliphatic rings. The first kappa shape index (κ1) is 30.4. The standard InChI is InChI=1S/C43H38O4/c1-3-46-41(44)23-25-43(26-24-42(45)47-4-2)39-27-31(35-17-9-13-29-11-5-7-15-33(29)35)19-21-37(39)38-22-20-32(28-40(38)43)36-18-10-14-30-12-6-8-16-34(30)36/h5-22,27-28H,3-4,23-26H2,1-2H3. The number of fused-ring (bicyclic) bond motifs is 5. The van der Waals surface area contributed by atoms with E-state index in [1.807, 2.05) is 13.8 Å². The molecule has 0 bridgehead atoms. The topological polar surface area (TPSA) is 52.6 Å². The van der Waals surface area contributed by atoms with Gasteiger partial charge in [-0.15, -0.1) is 0 Å². The van der Waals surface area contributed by atoms with Crippen LogP contribution in [-0.4, -0.2) is 25.2 Å². The minimum Gasteiger partial charge on any atom is -0.466 e. The van der Waals surface area contributed by atoms with E-state index in [4.69, 9.17) is 9.47 Å². The molecular formula is C43H38O4. The SMILES string of the molecule is CCOC(=O)CCC1(CCC(=O)OCC)c2cc(-c3cccc4ccccc34)ccc2-c2ccc(-c3cccc4ccccc34)cc21. The highest BCUT2D eigenvalue weighted by atomic mass is 16.5. The van der Waals surface area contributed by atoms with E-state index < -0.39 is 5.41 Å². The number of hydrogen-bond acceptors (Lipinski definition) is 4. The molecular weight excluding hydrogens is 580 g/mol. The summed E-state index contributed by atoms with van der Waals surface area (Å²) in [5.41, 5.74) is 8.49. The molecule has 7 rings (SSSR count). The van der Waals surface area contributed by atoms with Crippen LogP contribution in [0.2, 0.25) is 0 Å². The predicted octanol–water partition coefficient (Wildman–Crippen LogP) is 10.3. The van der Waals surface area contributed by atoms with Crippen molar-refractivity contribution in [3.8, 4) is 33.4 Å². The van der Waals surface area contributed by atoms with E-state index in [-0.39, 0.29) is 24.8 Å². The zero-order valence-electron chi connectivity index (χ0n) is 26.9. The Morgan fingerprint density at radius 1 is 0.511 bits per heavy atom. The predicted molar refractivity (Wildman–Crippen MR) is 190 cm³/mol. The van der Waals surface area contributed by atoms with Crippen LogP contribution >= 0.6 is 0 Å². The van der Waals surface area contributed by atoms with Crippen molar-refractivity contribution in [3.05, 3.63) is 132 Å². The summed E-state index contributed by atoms with van der Waals surface area (Å²) in [6.45, 7) is 4.33. The maximum atomic E-state index is 13.0. The number of hydrogen-bond donors (Lipinski definition) is 0. The quantitative estimate of drug-likeness (QED) is 0.143. The van der Waals surface area contributed by atoms with Gasteiger partial charge in [-0.3, -0.25) is 9.59 Å². The fourth-order valence-electron chi connectivity index (χ4n) is 7.55. The van der Waals surface area contributed by atoms with E-state index >= 15 is 0 Å². The molecule has 0 unspecified atom stereocenters. The molecule has 0 aliphatic heterocycles. The van der Waals surface area contributed by atoms with E-state index in [9.17, 15) is 9.59 Å². The first-order valence-corrected chi connectivity index (χ1v) is 16.6. The smallest absolute Gasteiger partial charge is 0.305 e. The molecule has 0 saturated carbocycles. The summed E-state index contributed by atoms with van der Waals surface area (Å²) in [5.74, 6) is -0.457. The summed E-state index contributed by atoms with van der Waals surface area (Å²) in [5, 5.41) is 4.74. The van der Waals surface area contributed by atoms with E-state index in [1.54, 1.807) is 0 Å². The van der Waals surface area contributed by atoms with Crippen LogP contribution in [0.25, 0.3) is 54.9 Å². The Kier molecular flexibility index (Phi) is 8.34. The fraction of sp³-hybridized carbons (Fsp3) is 0.209. The number of rotatable bonds is 10. The highest BCUT2D eigenvalue weighted by Crippen LogP contribution is 2.55. The number of ether oxygens (including phenoxy) is 2. The third kappa shape index (κ3) is 5.59. The summed E-state index contributed by atoms with van der Waals surface area (Å²) < 4.78 is 10.9. The maximum absolute atomic E-state index is 13.0. The second-order valence-electron chi connectivity index (χ2n) is 12.3. The van der Waals surface area contributed by atoms with Gasteiger partial charge in [-0.2, -0.15) is 0 Å². The lowest BCUT2D eigenvalue weighted by Gasteiger charge is -2.32. The van der Waals surface area contributed by atoms with Gasteiger partial charge in [-0.25, -0.2) is 0 Å². The highest BCUT2D eigenvalue weighted by Gasteiger charge is 2.44. The number of benzene rings is 6. The number of carbonyl (C=O) groups is 2. The largest absolute Gasteiger partial charge is 0.466 e. The Morgan fingerprint density at radius 3 is 1.38 bits per heavy atom. The second-order valence-corrected chi connectivity index (χ2v) is 12.3. The minimum atomic E-state index is -0.606.